The minimum Gasteiger partial charge on any atom is -0.461 e. The third-order valence-electron chi connectivity index (χ3n) is 9.58. The van der Waals surface area contributed by atoms with Crippen molar-refractivity contribution in [3.63, 3.8) is 0 Å². The highest BCUT2D eigenvalue weighted by atomic mass is 35.5. The summed E-state index contributed by atoms with van der Waals surface area (Å²) >= 11 is 6.58. The van der Waals surface area contributed by atoms with Crippen molar-refractivity contribution in [2.45, 2.75) is 55.6 Å². The highest BCUT2D eigenvalue weighted by molar-refractivity contribution is 6.36. The molecule has 4 saturated heterocycles. The Morgan fingerprint density at radius 1 is 1.14 bits per heavy atom. The van der Waals surface area contributed by atoms with E-state index in [9.17, 15) is 9.50 Å². The van der Waals surface area contributed by atoms with Crippen LogP contribution in [0.2, 0.25) is 5.02 Å². The van der Waals surface area contributed by atoms with Gasteiger partial charge in [-0.3, -0.25) is 9.88 Å². The molecule has 2 aromatic carbocycles. The molecular formula is C31H31ClF2N6O2. The number of aliphatic hydroxyl groups excluding tert-OH is 1. The van der Waals surface area contributed by atoms with Crippen LogP contribution in [-0.2, 0) is 0 Å². The summed E-state index contributed by atoms with van der Waals surface area (Å²) in [4.78, 5) is 18.2. The molecule has 6 heterocycles. The number of hydrogen-bond acceptors (Lipinski definition) is 8. The van der Waals surface area contributed by atoms with Crippen molar-refractivity contribution in [3.8, 4) is 17.3 Å². The lowest BCUT2D eigenvalue weighted by Gasteiger charge is -2.34. The summed E-state index contributed by atoms with van der Waals surface area (Å²) in [6.45, 7) is 2.60. The summed E-state index contributed by atoms with van der Waals surface area (Å²) in [7, 11) is 0. The molecule has 0 saturated carbocycles. The van der Waals surface area contributed by atoms with Crippen molar-refractivity contribution in [1.29, 1.82) is 0 Å². The fourth-order valence-corrected chi connectivity index (χ4v) is 7.93. The number of alkyl halides is 1. The van der Waals surface area contributed by atoms with Crippen LogP contribution in [0.4, 0.5) is 14.6 Å². The van der Waals surface area contributed by atoms with Gasteiger partial charge in [-0.15, -0.1) is 0 Å². The van der Waals surface area contributed by atoms with E-state index in [0.717, 1.165) is 24.8 Å². The maximum Gasteiger partial charge on any atom is 0.319 e. The average Bonchev–Trinajstić information content (AvgIpc) is 3.60. The Kier molecular flexibility index (Phi) is 6.26. The van der Waals surface area contributed by atoms with E-state index < -0.39 is 23.6 Å². The van der Waals surface area contributed by atoms with Gasteiger partial charge in [0.2, 0.25) is 0 Å². The monoisotopic (exact) mass is 592 g/mol. The third kappa shape index (κ3) is 4.22. The van der Waals surface area contributed by atoms with Crippen LogP contribution in [0.3, 0.4) is 0 Å². The highest BCUT2D eigenvalue weighted by Gasteiger charge is 2.49. The predicted molar refractivity (Wildman–Crippen MR) is 157 cm³/mol. The lowest BCUT2D eigenvalue weighted by Crippen LogP contribution is -2.53. The molecular weight excluding hydrogens is 562 g/mol. The van der Waals surface area contributed by atoms with Gasteiger partial charge in [0.05, 0.1) is 23.1 Å². The van der Waals surface area contributed by atoms with Crippen LogP contribution in [0.15, 0.2) is 42.6 Å². The second kappa shape index (κ2) is 9.94. The molecule has 0 unspecified atom stereocenters. The SMILES string of the molecule is O[C@@H]1C[C@@H]2CN(c3nc(OC[C@@]45CCCN4C[C@H](F)C5)nc4c(F)c(-c5cccc6cccc(Cl)c56)ncc34)C[C@H]1N2. The third-order valence-corrected chi connectivity index (χ3v) is 9.90. The lowest BCUT2D eigenvalue weighted by atomic mass is 9.95. The molecule has 0 radical (unpaired) electrons. The van der Waals surface area contributed by atoms with Crippen LogP contribution in [0.25, 0.3) is 32.9 Å². The number of halogens is 3. The van der Waals surface area contributed by atoms with Crippen molar-refractivity contribution in [2.24, 2.45) is 0 Å². The van der Waals surface area contributed by atoms with Gasteiger partial charge in [-0.2, -0.15) is 9.97 Å². The van der Waals surface area contributed by atoms with E-state index in [0.29, 0.717) is 59.7 Å². The van der Waals surface area contributed by atoms with Gasteiger partial charge in [-0.1, -0.05) is 41.9 Å². The zero-order valence-corrected chi connectivity index (χ0v) is 23.7. The minimum atomic E-state index is -0.886. The summed E-state index contributed by atoms with van der Waals surface area (Å²) in [6.07, 6.45) is 3.17. The molecule has 2 N–H and O–H groups in total. The molecule has 0 spiro atoms. The maximum absolute atomic E-state index is 16.6. The van der Waals surface area contributed by atoms with E-state index in [2.05, 4.69) is 25.1 Å². The summed E-state index contributed by atoms with van der Waals surface area (Å²) in [6, 6.07) is 11.2. The minimum absolute atomic E-state index is 0.0551. The highest BCUT2D eigenvalue weighted by Crippen LogP contribution is 2.41. The number of hydrogen-bond donors (Lipinski definition) is 2. The molecule has 2 aromatic heterocycles. The van der Waals surface area contributed by atoms with Gasteiger partial charge in [0.1, 0.15) is 29.8 Å². The number of fused-ring (bicyclic) bond motifs is 5. The molecule has 8 rings (SSSR count). The van der Waals surface area contributed by atoms with Gasteiger partial charge in [0, 0.05) is 54.3 Å². The molecule has 42 heavy (non-hydrogen) atoms. The van der Waals surface area contributed by atoms with Crippen molar-refractivity contribution in [3.05, 3.63) is 53.4 Å². The average molecular weight is 593 g/mol. The second-order valence-electron chi connectivity index (χ2n) is 12.2. The van der Waals surface area contributed by atoms with Gasteiger partial charge in [-0.05, 0) is 37.3 Å². The number of aromatic nitrogens is 3. The second-order valence-corrected chi connectivity index (χ2v) is 12.6. The van der Waals surface area contributed by atoms with Crippen LogP contribution in [0.1, 0.15) is 25.7 Å². The Bertz CT molecular complexity index is 1700. The molecule has 2 bridgehead atoms. The van der Waals surface area contributed by atoms with Crippen LogP contribution >= 0.6 is 11.6 Å². The topological polar surface area (TPSA) is 86.6 Å². The zero-order chi connectivity index (χ0) is 28.6. The van der Waals surface area contributed by atoms with E-state index in [1.165, 1.54) is 0 Å². The Morgan fingerprint density at radius 3 is 2.86 bits per heavy atom. The molecule has 5 atom stereocenters. The molecule has 4 fully saturated rings. The van der Waals surface area contributed by atoms with E-state index in [-0.39, 0.29) is 35.9 Å². The van der Waals surface area contributed by atoms with Gasteiger partial charge in [-0.25, -0.2) is 8.78 Å². The standard InChI is InChI=1S/C31H31ClF2N6O2/c32-22-7-2-5-17-4-1-6-20(25(17)22)27-26(34)28-21(12-35-27)29(39-14-19-10-24(41)23(15-39)36-19)38-30(37-28)42-16-31-8-3-9-40(31)13-18(33)11-31/h1-2,4-7,12,18-19,23-24,36,41H,3,8-11,13-16H2/t18-,19-,23-,24-,31+/m1/s1. The van der Waals surface area contributed by atoms with E-state index in [1.54, 1.807) is 12.3 Å². The smallest absolute Gasteiger partial charge is 0.319 e. The Morgan fingerprint density at radius 2 is 2.00 bits per heavy atom. The zero-order valence-electron chi connectivity index (χ0n) is 22.9. The number of piperazine rings is 1. The first-order valence-corrected chi connectivity index (χ1v) is 15.0. The molecule has 0 amide bonds. The molecule has 4 aliphatic rings. The fraction of sp³-hybridized carbons (Fsp3) is 0.452. The first kappa shape index (κ1) is 26.4. The van der Waals surface area contributed by atoms with Crippen LogP contribution in [0, 0.1) is 5.82 Å². The van der Waals surface area contributed by atoms with E-state index in [1.807, 2.05) is 30.3 Å². The summed E-state index contributed by atoms with van der Waals surface area (Å²) < 4.78 is 37.2. The number of aliphatic hydroxyl groups is 1. The maximum atomic E-state index is 16.6. The van der Waals surface area contributed by atoms with Gasteiger partial charge in [0.15, 0.2) is 5.82 Å². The predicted octanol–water partition coefficient (Wildman–Crippen LogP) is 4.50. The fourth-order valence-electron chi connectivity index (χ4n) is 7.65. The normalized spacial score (nSPS) is 29.1. The lowest BCUT2D eigenvalue weighted by molar-refractivity contribution is 0.107. The molecule has 8 nitrogen and oxygen atoms in total. The number of pyridine rings is 1. The number of ether oxygens (including phenoxy) is 1. The molecule has 0 aliphatic carbocycles. The quantitative estimate of drug-likeness (QED) is 0.350. The summed E-state index contributed by atoms with van der Waals surface area (Å²) in [5.41, 5.74) is 0.428. The Hall–Kier alpha value is -3.18. The number of nitrogens with one attached hydrogen (secondary N) is 1. The molecule has 4 aliphatic heterocycles. The van der Waals surface area contributed by atoms with Gasteiger partial charge < -0.3 is 20.1 Å². The van der Waals surface area contributed by atoms with Crippen molar-refractivity contribution in [2.75, 3.05) is 37.7 Å². The van der Waals surface area contributed by atoms with Gasteiger partial charge in [0.25, 0.3) is 0 Å². The van der Waals surface area contributed by atoms with Crippen LogP contribution < -0.4 is 15.0 Å². The number of nitrogens with zero attached hydrogens (tertiary/aromatic N) is 5. The molecule has 11 heteroatoms. The Labute approximate surface area is 246 Å². The molecule has 218 valence electrons. The van der Waals surface area contributed by atoms with E-state index in [4.69, 9.17) is 21.3 Å². The number of anilines is 1. The number of rotatable bonds is 5. The Balaban J connectivity index is 1.24. The first-order chi connectivity index (χ1) is 20.4. The van der Waals surface area contributed by atoms with Crippen molar-refractivity contribution < 1.29 is 18.6 Å². The summed E-state index contributed by atoms with van der Waals surface area (Å²) in [5.74, 6) is -0.0676. The van der Waals surface area contributed by atoms with Crippen molar-refractivity contribution >= 4 is 39.1 Å². The van der Waals surface area contributed by atoms with Gasteiger partial charge >= 0.3 is 6.01 Å². The van der Waals surface area contributed by atoms with Crippen LogP contribution in [0.5, 0.6) is 6.01 Å². The number of benzene rings is 2. The first-order valence-electron chi connectivity index (χ1n) is 14.6. The van der Waals surface area contributed by atoms with Crippen LogP contribution in [-0.4, -0.2) is 87.6 Å². The summed E-state index contributed by atoms with van der Waals surface area (Å²) in [5, 5.41) is 16.5. The van der Waals surface area contributed by atoms with E-state index >= 15 is 4.39 Å². The molecule has 4 aromatic rings. The van der Waals surface area contributed by atoms with Crippen molar-refractivity contribution in [1.82, 2.24) is 25.2 Å². The largest absolute Gasteiger partial charge is 0.461 e.